The van der Waals surface area contributed by atoms with Gasteiger partial charge in [-0.15, -0.1) is 13.2 Å². The Morgan fingerprint density at radius 1 is 0.885 bits per heavy atom. The molecule has 1 unspecified atom stereocenters. The molecule has 0 nitrogen and oxygen atoms in total. The van der Waals surface area contributed by atoms with Crippen molar-refractivity contribution in [1.82, 2.24) is 0 Å². The van der Waals surface area contributed by atoms with Crippen LogP contribution in [0.15, 0.2) is 36.5 Å². The summed E-state index contributed by atoms with van der Waals surface area (Å²) in [5, 5.41) is 0. The average Bonchev–Trinajstić information content (AvgIpc) is 3.48. The van der Waals surface area contributed by atoms with E-state index in [1.807, 2.05) is 5.57 Å². The minimum absolute atomic E-state index is 0.825. The maximum Gasteiger partial charge on any atom is 0.000526 e. The van der Waals surface area contributed by atoms with Gasteiger partial charge in [0.05, 0.1) is 0 Å². The Labute approximate surface area is 165 Å². The van der Waals surface area contributed by atoms with Gasteiger partial charge in [-0.2, -0.15) is 0 Å². The molecule has 26 heavy (non-hydrogen) atoms. The minimum Gasteiger partial charge on any atom is -0.106 e. The first-order valence-corrected chi connectivity index (χ1v) is 11.3. The molecule has 0 amide bonds. The van der Waals surface area contributed by atoms with Crippen LogP contribution in [0, 0.1) is 29.6 Å². The number of rotatable bonds is 5. The summed E-state index contributed by atoms with van der Waals surface area (Å²) in [5.74, 6) is 4.55. The van der Waals surface area contributed by atoms with Crippen molar-refractivity contribution in [3.05, 3.63) is 36.5 Å². The van der Waals surface area contributed by atoms with Gasteiger partial charge in [-0.1, -0.05) is 83.1 Å². The highest BCUT2D eigenvalue weighted by Gasteiger charge is 2.33. The van der Waals surface area contributed by atoms with Crippen LogP contribution in [0.4, 0.5) is 0 Å². The van der Waals surface area contributed by atoms with Crippen LogP contribution in [-0.2, 0) is 0 Å². The first-order valence-electron chi connectivity index (χ1n) is 11.3. The molecule has 0 aromatic carbocycles. The topological polar surface area (TPSA) is 0 Å². The summed E-state index contributed by atoms with van der Waals surface area (Å²) in [4.78, 5) is 0. The van der Waals surface area contributed by atoms with Crippen LogP contribution in [0.1, 0.15) is 98.8 Å². The maximum absolute atomic E-state index is 3.00. The van der Waals surface area contributed by atoms with Gasteiger partial charge in [-0.05, 0) is 62.7 Å². The standard InChI is InChI=1S/C16H24.C8H18.C2H4/c1-12-15(13-6-3-2-4-7-13)8-5-9-16(12)14-10-11-14;1-7(2)5-6-8(3)4;1-2/h5,9,13-14,16H,2-4,6-8,10-11H2,1H3;7-8H,5-6H2,1-4H3;1-2H2. The van der Waals surface area contributed by atoms with Crippen LogP contribution >= 0.6 is 0 Å². The third kappa shape index (κ3) is 8.28. The fourth-order valence-corrected chi connectivity index (χ4v) is 4.43. The van der Waals surface area contributed by atoms with Gasteiger partial charge in [0.1, 0.15) is 0 Å². The molecule has 0 bridgehead atoms. The van der Waals surface area contributed by atoms with E-state index >= 15 is 0 Å². The van der Waals surface area contributed by atoms with Gasteiger partial charge in [0, 0.05) is 5.92 Å². The first kappa shape index (κ1) is 23.3. The van der Waals surface area contributed by atoms with Crippen molar-refractivity contribution in [1.29, 1.82) is 0 Å². The van der Waals surface area contributed by atoms with E-state index in [0.717, 1.165) is 29.6 Å². The van der Waals surface area contributed by atoms with Crippen LogP contribution in [0.2, 0.25) is 0 Å². The van der Waals surface area contributed by atoms with Crippen molar-refractivity contribution >= 4 is 0 Å². The molecule has 150 valence electrons. The quantitative estimate of drug-likeness (QED) is 0.431. The van der Waals surface area contributed by atoms with Gasteiger partial charge >= 0.3 is 0 Å². The summed E-state index contributed by atoms with van der Waals surface area (Å²) in [6.45, 7) is 17.5. The smallest absolute Gasteiger partial charge is 0.000526 e. The van der Waals surface area contributed by atoms with Crippen LogP contribution in [-0.4, -0.2) is 0 Å². The van der Waals surface area contributed by atoms with Crippen molar-refractivity contribution < 1.29 is 0 Å². The second-order valence-electron chi connectivity index (χ2n) is 9.40. The summed E-state index contributed by atoms with van der Waals surface area (Å²) in [6.07, 6.45) is 19.3. The molecule has 0 aromatic heterocycles. The van der Waals surface area contributed by atoms with Crippen LogP contribution in [0.3, 0.4) is 0 Å². The Balaban J connectivity index is 0.000000290. The van der Waals surface area contributed by atoms with Crippen LogP contribution < -0.4 is 0 Å². The highest BCUT2D eigenvalue weighted by atomic mass is 14.4. The number of allylic oxidation sites excluding steroid dienone is 4. The molecular formula is C26H46. The highest BCUT2D eigenvalue weighted by Crippen LogP contribution is 2.46. The average molecular weight is 359 g/mol. The molecular weight excluding hydrogens is 312 g/mol. The summed E-state index contributed by atoms with van der Waals surface area (Å²) in [5.41, 5.74) is 3.59. The molecule has 2 saturated carbocycles. The summed E-state index contributed by atoms with van der Waals surface area (Å²) in [6, 6.07) is 0. The number of hydrogen-bond acceptors (Lipinski definition) is 0. The molecule has 0 N–H and O–H groups in total. The molecule has 0 aromatic rings. The van der Waals surface area contributed by atoms with Gasteiger partial charge in [0.25, 0.3) is 0 Å². The predicted octanol–water partition coefficient (Wildman–Crippen LogP) is 8.75. The summed E-state index contributed by atoms with van der Waals surface area (Å²) in [7, 11) is 0. The van der Waals surface area contributed by atoms with E-state index in [1.165, 1.54) is 64.2 Å². The zero-order chi connectivity index (χ0) is 19.5. The van der Waals surface area contributed by atoms with E-state index in [0.29, 0.717) is 0 Å². The third-order valence-electron chi connectivity index (χ3n) is 6.24. The molecule has 0 heteroatoms. The Hall–Kier alpha value is -0.780. The molecule has 3 aliphatic carbocycles. The van der Waals surface area contributed by atoms with Crippen LogP contribution in [0.25, 0.3) is 0 Å². The zero-order valence-electron chi connectivity index (χ0n) is 18.5. The van der Waals surface area contributed by atoms with Gasteiger partial charge in [-0.3, -0.25) is 0 Å². The molecule has 3 rings (SSSR count). The predicted molar refractivity (Wildman–Crippen MR) is 119 cm³/mol. The molecule has 0 aliphatic heterocycles. The van der Waals surface area contributed by atoms with Crippen molar-refractivity contribution in [2.45, 2.75) is 98.8 Å². The SMILES string of the molecule is C=C.CC(C)CCC(C)C.CC1=C(C2CCCCC2)CC=CC1C1CC1. The largest absolute Gasteiger partial charge is 0.106 e. The third-order valence-corrected chi connectivity index (χ3v) is 6.24. The lowest BCUT2D eigenvalue weighted by Gasteiger charge is -2.30. The molecule has 0 saturated heterocycles. The van der Waals surface area contributed by atoms with Gasteiger partial charge < -0.3 is 0 Å². The van der Waals surface area contributed by atoms with E-state index in [1.54, 1.807) is 5.57 Å². The van der Waals surface area contributed by atoms with Crippen LogP contribution in [0.5, 0.6) is 0 Å². The molecule has 0 heterocycles. The molecule has 1 atom stereocenters. The normalized spacial score (nSPS) is 23.4. The van der Waals surface area contributed by atoms with Crippen molar-refractivity contribution in [2.75, 3.05) is 0 Å². The van der Waals surface area contributed by atoms with E-state index in [4.69, 9.17) is 0 Å². The molecule has 3 aliphatic rings. The minimum atomic E-state index is 0.825. The zero-order valence-corrected chi connectivity index (χ0v) is 18.5. The lowest BCUT2D eigenvalue weighted by atomic mass is 9.75. The van der Waals surface area contributed by atoms with E-state index in [9.17, 15) is 0 Å². The Kier molecular flexibility index (Phi) is 11.3. The van der Waals surface area contributed by atoms with Gasteiger partial charge in [0.15, 0.2) is 0 Å². The Morgan fingerprint density at radius 2 is 1.42 bits per heavy atom. The summed E-state index contributed by atoms with van der Waals surface area (Å²) >= 11 is 0. The van der Waals surface area contributed by atoms with E-state index in [2.05, 4.69) is 59.9 Å². The molecule has 0 spiro atoms. The highest BCUT2D eigenvalue weighted by molar-refractivity contribution is 5.30. The monoisotopic (exact) mass is 358 g/mol. The lowest BCUT2D eigenvalue weighted by Crippen LogP contribution is -2.16. The van der Waals surface area contributed by atoms with E-state index in [-0.39, 0.29) is 0 Å². The molecule has 2 fully saturated rings. The molecule has 0 radical (unpaired) electrons. The number of hydrogen-bond donors (Lipinski definition) is 0. The van der Waals surface area contributed by atoms with Crippen molar-refractivity contribution in [3.8, 4) is 0 Å². The second-order valence-corrected chi connectivity index (χ2v) is 9.40. The van der Waals surface area contributed by atoms with Crippen molar-refractivity contribution in [3.63, 3.8) is 0 Å². The van der Waals surface area contributed by atoms with Crippen molar-refractivity contribution in [2.24, 2.45) is 29.6 Å². The fourth-order valence-electron chi connectivity index (χ4n) is 4.43. The summed E-state index contributed by atoms with van der Waals surface area (Å²) < 4.78 is 0. The lowest BCUT2D eigenvalue weighted by molar-refractivity contribution is 0.391. The first-order chi connectivity index (χ1) is 12.5. The van der Waals surface area contributed by atoms with Gasteiger partial charge in [-0.25, -0.2) is 0 Å². The Morgan fingerprint density at radius 3 is 1.88 bits per heavy atom. The Bertz CT molecular complexity index is 419. The van der Waals surface area contributed by atoms with Gasteiger partial charge in [0.2, 0.25) is 0 Å². The second kappa shape index (κ2) is 12.6. The maximum atomic E-state index is 3.00. The fraction of sp³-hybridized carbons (Fsp3) is 0.769. The van der Waals surface area contributed by atoms with E-state index < -0.39 is 0 Å².